The Morgan fingerprint density at radius 2 is 2.00 bits per heavy atom. The molecule has 124 valence electrons. The summed E-state index contributed by atoms with van der Waals surface area (Å²) in [5.74, 6) is 2.87. The molecule has 1 N–H and O–H groups in total. The summed E-state index contributed by atoms with van der Waals surface area (Å²) in [7, 11) is 0. The predicted octanol–water partition coefficient (Wildman–Crippen LogP) is 2.42. The van der Waals surface area contributed by atoms with E-state index in [4.69, 9.17) is 9.26 Å². The Kier molecular flexibility index (Phi) is 6.46. The van der Waals surface area contributed by atoms with Crippen molar-refractivity contribution in [2.24, 2.45) is 0 Å². The van der Waals surface area contributed by atoms with Gasteiger partial charge >= 0.3 is 0 Å². The molecule has 2 rings (SSSR count). The van der Waals surface area contributed by atoms with Crippen molar-refractivity contribution in [1.29, 1.82) is 0 Å². The van der Waals surface area contributed by atoms with Gasteiger partial charge in [0, 0.05) is 6.92 Å². The van der Waals surface area contributed by atoms with Crippen LogP contribution in [0.5, 0.6) is 5.75 Å². The second-order valence-electron chi connectivity index (χ2n) is 5.24. The smallest absolute Gasteiger partial charge is 0.230 e. The minimum atomic E-state index is -0.0285. The van der Waals surface area contributed by atoms with Crippen molar-refractivity contribution in [3.05, 3.63) is 41.0 Å². The van der Waals surface area contributed by atoms with Crippen LogP contribution in [-0.4, -0.2) is 35.0 Å². The molecule has 6 nitrogen and oxygen atoms in total. The molecule has 0 atom stereocenters. The number of carbonyl (C=O) groups is 1. The maximum Gasteiger partial charge on any atom is 0.230 e. The zero-order valence-corrected chi connectivity index (χ0v) is 14.4. The molecule has 23 heavy (non-hydrogen) atoms. The Bertz CT molecular complexity index is 638. The fourth-order valence-electron chi connectivity index (χ4n) is 2.06. The van der Waals surface area contributed by atoms with Gasteiger partial charge in [-0.2, -0.15) is 4.98 Å². The van der Waals surface area contributed by atoms with E-state index in [0.717, 1.165) is 16.9 Å². The summed E-state index contributed by atoms with van der Waals surface area (Å²) in [6.45, 7) is 6.73. The van der Waals surface area contributed by atoms with Gasteiger partial charge in [-0.3, -0.25) is 4.79 Å². The number of aryl methyl sites for hydroxylation is 3. The van der Waals surface area contributed by atoms with Gasteiger partial charge in [0.1, 0.15) is 12.4 Å². The Morgan fingerprint density at radius 1 is 1.26 bits per heavy atom. The summed E-state index contributed by atoms with van der Waals surface area (Å²) in [5, 5.41) is 6.60. The second-order valence-corrected chi connectivity index (χ2v) is 6.23. The molecule has 0 aliphatic heterocycles. The number of amides is 1. The van der Waals surface area contributed by atoms with Gasteiger partial charge in [0.25, 0.3) is 0 Å². The zero-order valence-electron chi connectivity index (χ0n) is 13.6. The number of carbonyl (C=O) groups excluding carboxylic acids is 1. The average molecular weight is 335 g/mol. The topological polar surface area (TPSA) is 77.2 Å². The highest BCUT2D eigenvalue weighted by Gasteiger charge is 2.05. The predicted molar refractivity (Wildman–Crippen MR) is 89.6 cm³/mol. The number of thioether (sulfide) groups is 1. The molecule has 1 amide bonds. The third-order valence-electron chi connectivity index (χ3n) is 2.92. The van der Waals surface area contributed by atoms with Crippen LogP contribution in [0.25, 0.3) is 0 Å². The first kappa shape index (κ1) is 17.3. The minimum Gasteiger partial charge on any atom is -0.492 e. The van der Waals surface area contributed by atoms with Gasteiger partial charge in [-0.25, -0.2) is 0 Å². The van der Waals surface area contributed by atoms with Crippen LogP contribution in [0.4, 0.5) is 0 Å². The van der Waals surface area contributed by atoms with E-state index < -0.39 is 0 Å². The van der Waals surface area contributed by atoms with Crippen molar-refractivity contribution in [2.75, 3.05) is 18.9 Å². The molecule has 1 aromatic heterocycles. The molecule has 0 aliphatic carbocycles. The van der Waals surface area contributed by atoms with Gasteiger partial charge < -0.3 is 14.6 Å². The first-order valence-corrected chi connectivity index (χ1v) is 8.53. The highest BCUT2D eigenvalue weighted by molar-refractivity contribution is 7.99. The SMILES string of the molecule is Cc1cc(C)cc(OCCNC(=O)CSCc2noc(C)n2)c1. The second kappa shape index (κ2) is 8.57. The lowest BCUT2D eigenvalue weighted by Gasteiger charge is -2.09. The van der Waals surface area contributed by atoms with Crippen LogP contribution in [0, 0.1) is 20.8 Å². The van der Waals surface area contributed by atoms with Gasteiger partial charge in [0.2, 0.25) is 11.8 Å². The molecule has 1 aromatic carbocycles. The van der Waals surface area contributed by atoms with E-state index in [2.05, 4.69) is 21.5 Å². The van der Waals surface area contributed by atoms with Crippen LogP contribution in [-0.2, 0) is 10.5 Å². The molecule has 2 aromatic rings. The van der Waals surface area contributed by atoms with Crippen LogP contribution in [0.15, 0.2) is 22.7 Å². The fraction of sp³-hybridized carbons (Fsp3) is 0.438. The molecule has 0 saturated carbocycles. The van der Waals surface area contributed by atoms with Crippen molar-refractivity contribution in [3.63, 3.8) is 0 Å². The number of rotatable bonds is 8. The summed E-state index contributed by atoms with van der Waals surface area (Å²) < 4.78 is 10.5. The number of benzene rings is 1. The Morgan fingerprint density at radius 3 is 2.65 bits per heavy atom. The van der Waals surface area contributed by atoms with Crippen molar-refractivity contribution in [3.8, 4) is 5.75 Å². The lowest BCUT2D eigenvalue weighted by atomic mass is 10.1. The molecule has 0 saturated heterocycles. The maximum absolute atomic E-state index is 11.7. The monoisotopic (exact) mass is 335 g/mol. The third kappa shape index (κ3) is 6.32. The molecule has 0 fully saturated rings. The van der Waals surface area contributed by atoms with Crippen molar-refractivity contribution in [1.82, 2.24) is 15.5 Å². The number of nitrogens with zero attached hydrogens (tertiary/aromatic N) is 2. The van der Waals surface area contributed by atoms with Crippen molar-refractivity contribution < 1.29 is 14.1 Å². The normalized spacial score (nSPS) is 10.6. The van der Waals surface area contributed by atoms with Gasteiger partial charge in [-0.1, -0.05) is 11.2 Å². The van der Waals surface area contributed by atoms with Gasteiger partial charge in [-0.15, -0.1) is 11.8 Å². The van der Waals surface area contributed by atoms with E-state index >= 15 is 0 Å². The molecule has 0 spiro atoms. The van der Waals surface area contributed by atoms with E-state index in [9.17, 15) is 4.79 Å². The summed E-state index contributed by atoms with van der Waals surface area (Å²) in [6, 6.07) is 6.06. The molecule has 0 aliphatic rings. The van der Waals surface area contributed by atoms with Gasteiger partial charge in [-0.05, 0) is 37.1 Å². The molecule has 7 heteroatoms. The molecule has 0 bridgehead atoms. The molecular weight excluding hydrogens is 314 g/mol. The minimum absolute atomic E-state index is 0.0285. The Balaban J connectivity index is 1.59. The first-order valence-electron chi connectivity index (χ1n) is 7.37. The summed E-state index contributed by atoms with van der Waals surface area (Å²) in [4.78, 5) is 15.8. The quantitative estimate of drug-likeness (QED) is 0.747. The summed E-state index contributed by atoms with van der Waals surface area (Å²) in [5.41, 5.74) is 2.33. The van der Waals surface area contributed by atoms with Crippen molar-refractivity contribution >= 4 is 17.7 Å². The van der Waals surface area contributed by atoms with Gasteiger partial charge in [0.05, 0.1) is 18.1 Å². The fourth-order valence-corrected chi connectivity index (χ4v) is 2.75. The van der Waals surface area contributed by atoms with Crippen LogP contribution in [0.1, 0.15) is 22.8 Å². The highest BCUT2D eigenvalue weighted by atomic mass is 32.2. The van der Waals surface area contributed by atoms with E-state index in [1.54, 1.807) is 6.92 Å². The number of hydrogen-bond donors (Lipinski definition) is 1. The number of ether oxygens (including phenoxy) is 1. The van der Waals surface area contributed by atoms with E-state index in [0.29, 0.717) is 36.4 Å². The van der Waals surface area contributed by atoms with E-state index in [1.165, 1.54) is 11.8 Å². The number of aromatic nitrogens is 2. The third-order valence-corrected chi connectivity index (χ3v) is 3.85. The van der Waals surface area contributed by atoms with Crippen molar-refractivity contribution in [2.45, 2.75) is 26.5 Å². The standard InChI is InChI=1S/C16H21N3O3S/c1-11-6-12(2)8-14(7-11)21-5-4-17-16(20)10-23-9-15-18-13(3)22-19-15/h6-8H,4-5,9-10H2,1-3H3,(H,17,20). The Hall–Kier alpha value is -2.02. The largest absolute Gasteiger partial charge is 0.492 e. The molecule has 0 unspecified atom stereocenters. The lowest BCUT2D eigenvalue weighted by Crippen LogP contribution is -2.29. The summed E-state index contributed by atoms with van der Waals surface area (Å²) >= 11 is 1.45. The molecule has 1 heterocycles. The van der Waals surface area contributed by atoms with E-state index in [-0.39, 0.29) is 5.91 Å². The number of hydrogen-bond acceptors (Lipinski definition) is 6. The lowest BCUT2D eigenvalue weighted by molar-refractivity contribution is -0.118. The van der Waals surface area contributed by atoms with Crippen LogP contribution in [0.3, 0.4) is 0 Å². The average Bonchev–Trinajstić information content (AvgIpc) is 2.88. The zero-order chi connectivity index (χ0) is 16.7. The molecular formula is C16H21N3O3S. The maximum atomic E-state index is 11.7. The van der Waals surface area contributed by atoms with Crippen LogP contribution < -0.4 is 10.1 Å². The summed E-state index contributed by atoms with van der Waals surface area (Å²) in [6.07, 6.45) is 0. The number of nitrogens with one attached hydrogen (secondary N) is 1. The van der Waals surface area contributed by atoms with Gasteiger partial charge in [0.15, 0.2) is 5.82 Å². The first-order chi connectivity index (χ1) is 11.0. The highest BCUT2D eigenvalue weighted by Crippen LogP contribution is 2.15. The Labute approximate surface area is 140 Å². The van der Waals surface area contributed by atoms with E-state index in [1.807, 2.05) is 26.0 Å². The molecule has 0 radical (unpaired) electrons. The van der Waals surface area contributed by atoms with Crippen LogP contribution >= 0.6 is 11.8 Å². The van der Waals surface area contributed by atoms with Crippen LogP contribution in [0.2, 0.25) is 0 Å².